The lowest BCUT2D eigenvalue weighted by atomic mass is 9.75. The molecule has 2 aliphatic rings. The molecule has 1 fully saturated rings. The fourth-order valence-electron chi connectivity index (χ4n) is 3.88. The molecule has 1 aromatic heterocycles. The van der Waals surface area contributed by atoms with Crippen LogP contribution in [0.25, 0.3) is 0 Å². The van der Waals surface area contributed by atoms with Crippen LogP contribution in [0.2, 0.25) is 0 Å². The van der Waals surface area contributed by atoms with Crippen molar-refractivity contribution in [2.75, 3.05) is 0 Å². The third-order valence-corrected chi connectivity index (χ3v) is 4.81. The van der Waals surface area contributed by atoms with Gasteiger partial charge >= 0.3 is 0 Å². The molecular weight excluding hydrogens is 234 g/mol. The van der Waals surface area contributed by atoms with Crippen LogP contribution in [0.1, 0.15) is 47.3 Å². The molecule has 1 aliphatic heterocycles. The highest BCUT2D eigenvalue weighted by atomic mass is 16.1. The number of ketones is 1. The molecule has 0 spiro atoms. The molecule has 3 unspecified atom stereocenters. The van der Waals surface area contributed by atoms with E-state index in [0.717, 1.165) is 18.5 Å². The number of fused-ring (bicyclic) bond motifs is 3. The summed E-state index contributed by atoms with van der Waals surface area (Å²) in [5.74, 6) is 1.11. The van der Waals surface area contributed by atoms with Gasteiger partial charge in [0.1, 0.15) is 0 Å². The fraction of sp³-hybridized carbons (Fsp3) is 0.353. The molecule has 2 heterocycles. The second-order valence-electron chi connectivity index (χ2n) is 5.76. The van der Waals surface area contributed by atoms with Crippen LogP contribution in [0.4, 0.5) is 0 Å². The Morgan fingerprint density at radius 1 is 1.00 bits per heavy atom. The minimum Gasteiger partial charge on any atom is -0.341 e. The third kappa shape index (κ3) is 1.59. The number of carbonyl (C=O) groups is 1. The maximum absolute atomic E-state index is 12.4. The van der Waals surface area contributed by atoms with Crippen LogP contribution in [0, 0.1) is 5.92 Å². The van der Waals surface area contributed by atoms with E-state index in [1.54, 1.807) is 0 Å². The second-order valence-corrected chi connectivity index (χ2v) is 5.76. The number of carbonyl (C=O) groups excluding carboxylic acids is 1. The molecule has 96 valence electrons. The number of nitrogens with zero attached hydrogens (tertiary/aromatic N) is 1. The van der Waals surface area contributed by atoms with E-state index in [9.17, 15) is 4.79 Å². The minimum atomic E-state index is 0.204. The lowest BCUT2D eigenvalue weighted by Gasteiger charge is -2.31. The third-order valence-electron chi connectivity index (χ3n) is 4.81. The summed E-state index contributed by atoms with van der Waals surface area (Å²) in [6.45, 7) is 0. The van der Waals surface area contributed by atoms with Crippen LogP contribution in [-0.2, 0) is 0 Å². The molecule has 4 rings (SSSR count). The van der Waals surface area contributed by atoms with Crippen molar-refractivity contribution in [2.45, 2.75) is 31.2 Å². The minimum absolute atomic E-state index is 0.204. The van der Waals surface area contributed by atoms with E-state index in [1.807, 2.05) is 12.1 Å². The highest BCUT2D eigenvalue weighted by molar-refractivity contribution is 5.99. The van der Waals surface area contributed by atoms with Gasteiger partial charge in [0.05, 0.1) is 5.69 Å². The zero-order valence-electron chi connectivity index (χ0n) is 10.8. The maximum atomic E-state index is 12.4. The van der Waals surface area contributed by atoms with Crippen LogP contribution >= 0.6 is 0 Å². The summed E-state index contributed by atoms with van der Waals surface area (Å²) in [4.78, 5) is 12.4. The molecule has 1 aliphatic carbocycles. The first-order chi connectivity index (χ1) is 9.34. The Labute approximate surface area is 113 Å². The van der Waals surface area contributed by atoms with Crippen LogP contribution in [0.15, 0.2) is 48.7 Å². The molecule has 1 aromatic carbocycles. The second kappa shape index (κ2) is 4.09. The van der Waals surface area contributed by atoms with Gasteiger partial charge < -0.3 is 4.57 Å². The molecule has 0 N–H and O–H groups in total. The Hall–Kier alpha value is -1.83. The Balaban J connectivity index is 1.63. The Morgan fingerprint density at radius 2 is 1.84 bits per heavy atom. The van der Waals surface area contributed by atoms with Crippen molar-refractivity contribution in [1.82, 2.24) is 4.57 Å². The molecule has 1 saturated carbocycles. The standard InChI is InChI=1S/C17H17NO/c19-17-14-11-13(12-5-2-1-3-6-12)8-9-15(14)18-10-4-7-16(17)18/h1-7,10,13-15H,8-9,11H2. The van der Waals surface area contributed by atoms with Gasteiger partial charge in [0, 0.05) is 18.2 Å². The zero-order chi connectivity index (χ0) is 12.8. The zero-order valence-corrected chi connectivity index (χ0v) is 10.8. The Kier molecular flexibility index (Phi) is 2.37. The molecule has 0 amide bonds. The van der Waals surface area contributed by atoms with Gasteiger partial charge in [0.25, 0.3) is 0 Å². The molecule has 0 bridgehead atoms. The van der Waals surface area contributed by atoms with Crippen LogP contribution < -0.4 is 0 Å². The van der Waals surface area contributed by atoms with Gasteiger partial charge in [-0.1, -0.05) is 30.3 Å². The molecule has 0 radical (unpaired) electrons. The molecule has 2 heteroatoms. The molecule has 19 heavy (non-hydrogen) atoms. The van der Waals surface area contributed by atoms with Crippen molar-refractivity contribution in [3.63, 3.8) is 0 Å². The summed E-state index contributed by atoms with van der Waals surface area (Å²) in [5, 5.41) is 0. The van der Waals surface area contributed by atoms with E-state index in [1.165, 1.54) is 12.0 Å². The summed E-state index contributed by atoms with van der Waals surface area (Å²) < 4.78 is 2.20. The predicted octanol–water partition coefficient (Wildman–Crippen LogP) is 3.81. The van der Waals surface area contributed by atoms with Crippen molar-refractivity contribution < 1.29 is 4.79 Å². The number of Topliss-reactive ketones (excluding diaryl/α,β-unsaturated/α-hetero) is 1. The first-order valence-corrected chi connectivity index (χ1v) is 7.10. The van der Waals surface area contributed by atoms with E-state index in [-0.39, 0.29) is 5.92 Å². The molecule has 3 atom stereocenters. The van der Waals surface area contributed by atoms with Crippen molar-refractivity contribution in [1.29, 1.82) is 0 Å². The number of aromatic nitrogens is 1. The highest BCUT2D eigenvalue weighted by Gasteiger charge is 2.43. The summed E-state index contributed by atoms with van der Waals surface area (Å²) in [5.41, 5.74) is 2.31. The topological polar surface area (TPSA) is 22.0 Å². The number of hydrogen-bond acceptors (Lipinski definition) is 1. The fourth-order valence-corrected chi connectivity index (χ4v) is 3.88. The lowest BCUT2D eigenvalue weighted by Crippen LogP contribution is -2.24. The lowest BCUT2D eigenvalue weighted by molar-refractivity contribution is 0.0880. The van der Waals surface area contributed by atoms with Crippen molar-refractivity contribution >= 4 is 5.78 Å². The molecule has 2 aromatic rings. The summed E-state index contributed by atoms with van der Waals surface area (Å²) in [6, 6.07) is 15.0. The molecule has 0 saturated heterocycles. The van der Waals surface area contributed by atoms with Gasteiger partial charge in [-0.25, -0.2) is 0 Å². The van der Waals surface area contributed by atoms with Gasteiger partial charge in [-0.3, -0.25) is 4.79 Å². The normalized spacial score (nSPS) is 29.1. The van der Waals surface area contributed by atoms with Crippen LogP contribution in [0.5, 0.6) is 0 Å². The van der Waals surface area contributed by atoms with Crippen molar-refractivity contribution in [2.24, 2.45) is 5.92 Å². The first kappa shape index (κ1) is 11.0. The SMILES string of the molecule is O=C1c2cccn2C2CCC(c3ccccc3)CC12. The number of benzene rings is 1. The first-order valence-electron chi connectivity index (χ1n) is 7.10. The summed E-state index contributed by atoms with van der Waals surface area (Å²) >= 11 is 0. The Morgan fingerprint density at radius 3 is 2.68 bits per heavy atom. The molecular formula is C17H17NO. The van der Waals surface area contributed by atoms with Crippen LogP contribution in [-0.4, -0.2) is 10.4 Å². The average molecular weight is 251 g/mol. The monoisotopic (exact) mass is 251 g/mol. The highest BCUT2D eigenvalue weighted by Crippen LogP contribution is 2.47. The maximum Gasteiger partial charge on any atom is 0.184 e. The van der Waals surface area contributed by atoms with E-state index in [0.29, 0.717) is 17.7 Å². The summed E-state index contributed by atoms with van der Waals surface area (Å²) in [7, 11) is 0. The van der Waals surface area contributed by atoms with Gasteiger partial charge in [-0.15, -0.1) is 0 Å². The number of rotatable bonds is 1. The number of hydrogen-bond donors (Lipinski definition) is 0. The summed E-state index contributed by atoms with van der Waals surface area (Å²) in [6.07, 6.45) is 5.39. The van der Waals surface area contributed by atoms with Gasteiger partial charge in [0.2, 0.25) is 0 Å². The largest absolute Gasteiger partial charge is 0.341 e. The van der Waals surface area contributed by atoms with Gasteiger partial charge in [0.15, 0.2) is 5.78 Å². The predicted molar refractivity (Wildman–Crippen MR) is 74.3 cm³/mol. The Bertz CT molecular complexity index is 613. The van der Waals surface area contributed by atoms with E-state index in [2.05, 4.69) is 41.1 Å². The van der Waals surface area contributed by atoms with Crippen molar-refractivity contribution in [3.05, 3.63) is 59.9 Å². The average Bonchev–Trinajstić information content (AvgIpc) is 3.04. The van der Waals surface area contributed by atoms with Crippen molar-refractivity contribution in [3.8, 4) is 0 Å². The van der Waals surface area contributed by atoms with Gasteiger partial charge in [-0.05, 0) is 42.9 Å². The van der Waals surface area contributed by atoms with Crippen LogP contribution in [0.3, 0.4) is 0 Å². The van der Waals surface area contributed by atoms with E-state index in [4.69, 9.17) is 0 Å². The van der Waals surface area contributed by atoms with Gasteiger partial charge in [-0.2, -0.15) is 0 Å². The van der Waals surface area contributed by atoms with E-state index >= 15 is 0 Å². The quantitative estimate of drug-likeness (QED) is 0.755. The van der Waals surface area contributed by atoms with E-state index < -0.39 is 0 Å². The smallest absolute Gasteiger partial charge is 0.184 e. The molecule has 2 nitrogen and oxygen atoms in total.